The molecule has 0 saturated heterocycles. The van der Waals surface area contributed by atoms with E-state index in [-0.39, 0.29) is 11.7 Å². The molecular formula is C10H7ClF2O. The Morgan fingerprint density at radius 2 is 1.86 bits per heavy atom. The van der Waals surface area contributed by atoms with E-state index in [1.165, 1.54) is 0 Å². The molecule has 0 aliphatic heterocycles. The summed E-state index contributed by atoms with van der Waals surface area (Å²) in [7, 11) is 0. The number of carbonyl (C=O) groups is 1. The van der Waals surface area contributed by atoms with Crippen molar-refractivity contribution in [3.63, 3.8) is 0 Å². The van der Waals surface area contributed by atoms with E-state index in [2.05, 4.69) is 0 Å². The molecule has 1 unspecified atom stereocenters. The first-order valence-corrected chi connectivity index (χ1v) is 4.64. The van der Waals surface area contributed by atoms with Crippen LogP contribution in [0.3, 0.4) is 0 Å². The van der Waals surface area contributed by atoms with E-state index < -0.39 is 16.7 Å². The van der Waals surface area contributed by atoms with E-state index in [9.17, 15) is 13.6 Å². The van der Waals surface area contributed by atoms with Crippen LogP contribution in [0.5, 0.6) is 0 Å². The number of benzene rings is 1. The molecule has 0 heterocycles. The van der Waals surface area contributed by atoms with Crippen LogP contribution in [0.15, 0.2) is 12.1 Å². The van der Waals surface area contributed by atoms with Gasteiger partial charge in [0.2, 0.25) is 0 Å². The van der Waals surface area contributed by atoms with Gasteiger partial charge >= 0.3 is 0 Å². The minimum atomic E-state index is -0.804. The smallest absolute Gasteiger partial charge is 0.145 e. The van der Waals surface area contributed by atoms with E-state index in [4.69, 9.17) is 11.6 Å². The Morgan fingerprint density at radius 1 is 1.29 bits per heavy atom. The summed E-state index contributed by atoms with van der Waals surface area (Å²) in [4.78, 5) is 11.1. The fourth-order valence-corrected chi connectivity index (χ4v) is 1.64. The first-order chi connectivity index (χ1) is 6.59. The Labute approximate surface area is 84.7 Å². The lowest BCUT2D eigenvalue weighted by Gasteiger charge is -2.24. The van der Waals surface area contributed by atoms with Gasteiger partial charge in [-0.1, -0.05) is 11.6 Å². The molecule has 4 heteroatoms. The summed E-state index contributed by atoms with van der Waals surface area (Å²) in [5.74, 6) is -1.91. The number of hydrogen-bond acceptors (Lipinski definition) is 1. The zero-order valence-electron chi connectivity index (χ0n) is 7.19. The highest BCUT2D eigenvalue weighted by Crippen LogP contribution is 2.35. The fraction of sp³-hybridized carbons (Fsp3) is 0.300. The molecule has 0 aromatic heterocycles. The van der Waals surface area contributed by atoms with Crippen molar-refractivity contribution in [2.45, 2.75) is 18.8 Å². The molecule has 1 aromatic rings. The van der Waals surface area contributed by atoms with Crippen molar-refractivity contribution in [1.82, 2.24) is 0 Å². The van der Waals surface area contributed by atoms with Gasteiger partial charge in [-0.25, -0.2) is 8.78 Å². The van der Waals surface area contributed by atoms with Crippen molar-refractivity contribution in [1.29, 1.82) is 0 Å². The van der Waals surface area contributed by atoms with Crippen LogP contribution in [0.1, 0.15) is 24.3 Å². The third-order valence-corrected chi connectivity index (χ3v) is 2.84. The number of rotatable bonds is 1. The molecule has 0 N–H and O–H groups in total. The number of carbonyl (C=O) groups excluding carboxylic acids is 1. The summed E-state index contributed by atoms with van der Waals surface area (Å²) in [6.07, 6.45) is 1.16. The number of Topliss-reactive ketones (excluding diaryl/α,β-unsaturated/α-hetero) is 1. The average molecular weight is 217 g/mol. The van der Waals surface area contributed by atoms with Gasteiger partial charge in [0.25, 0.3) is 0 Å². The van der Waals surface area contributed by atoms with Crippen molar-refractivity contribution in [2.75, 3.05) is 0 Å². The van der Waals surface area contributed by atoms with Crippen LogP contribution in [0.25, 0.3) is 0 Å². The highest BCUT2D eigenvalue weighted by Gasteiger charge is 2.30. The van der Waals surface area contributed by atoms with Crippen LogP contribution in [-0.2, 0) is 4.79 Å². The van der Waals surface area contributed by atoms with E-state index in [0.29, 0.717) is 18.4 Å². The number of hydrogen-bond donors (Lipinski definition) is 0. The molecule has 14 heavy (non-hydrogen) atoms. The second-order valence-electron chi connectivity index (χ2n) is 3.36. The van der Waals surface area contributed by atoms with Gasteiger partial charge in [-0.05, 0) is 24.1 Å². The predicted octanol–water partition coefficient (Wildman–Crippen LogP) is 3.06. The topological polar surface area (TPSA) is 17.1 Å². The minimum absolute atomic E-state index is 0.0334. The number of halogens is 3. The summed E-state index contributed by atoms with van der Waals surface area (Å²) in [5.41, 5.74) is 0.389. The summed E-state index contributed by atoms with van der Waals surface area (Å²) < 4.78 is 26.0. The van der Waals surface area contributed by atoms with Gasteiger partial charge in [0.1, 0.15) is 22.4 Å². The van der Waals surface area contributed by atoms with Gasteiger partial charge < -0.3 is 0 Å². The molecule has 0 bridgehead atoms. The van der Waals surface area contributed by atoms with Gasteiger partial charge in [-0.15, -0.1) is 0 Å². The summed E-state index contributed by atoms with van der Waals surface area (Å²) in [6.45, 7) is 0. The van der Waals surface area contributed by atoms with Crippen molar-refractivity contribution in [3.8, 4) is 0 Å². The maximum absolute atomic E-state index is 13.0. The predicted molar refractivity (Wildman–Crippen MR) is 48.4 cm³/mol. The quantitative estimate of drug-likeness (QED) is 0.660. The second kappa shape index (κ2) is 3.31. The van der Waals surface area contributed by atoms with Gasteiger partial charge in [-0.3, -0.25) is 4.79 Å². The molecule has 1 nitrogen and oxygen atoms in total. The Bertz CT molecular complexity index is 380. The van der Waals surface area contributed by atoms with Crippen LogP contribution >= 0.6 is 11.6 Å². The lowest BCUT2D eigenvalue weighted by atomic mass is 9.78. The molecule has 1 aliphatic rings. The third-order valence-electron chi connectivity index (χ3n) is 2.48. The lowest BCUT2D eigenvalue weighted by Crippen LogP contribution is -2.23. The van der Waals surface area contributed by atoms with Crippen molar-refractivity contribution >= 4 is 17.4 Å². The van der Waals surface area contributed by atoms with Crippen LogP contribution in [0.4, 0.5) is 8.78 Å². The zero-order valence-corrected chi connectivity index (χ0v) is 7.94. The third kappa shape index (κ3) is 1.42. The fourth-order valence-electron chi connectivity index (χ4n) is 1.54. The standard InChI is InChI=1S/C10H7ClF2O/c11-10-7(12)3-5(4-8(10)13)6-1-2-9(6)14/h3-4,6H,1-2H2. The molecule has 0 spiro atoms. The van der Waals surface area contributed by atoms with E-state index in [0.717, 1.165) is 12.1 Å². The molecule has 1 saturated carbocycles. The van der Waals surface area contributed by atoms with Crippen LogP contribution in [0, 0.1) is 11.6 Å². The van der Waals surface area contributed by atoms with Gasteiger partial charge in [0.05, 0.1) is 0 Å². The van der Waals surface area contributed by atoms with Gasteiger partial charge in [-0.2, -0.15) is 0 Å². The Hall–Kier alpha value is -0.960. The molecule has 0 amide bonds. The molecule has 74 valence electrons. The highest BCUT2D eigenvalue weighted by molar-refractivity contribution is 6.30. The Morgan fingerprint density at radius 3 is 2.21 bits per heavy atom. The van der Waals surface area contributed by atoms with Crippen LogP contribution in [0.2, 0.25) is 5.02 Å². The average Bonchev–Trinajstić information content (AvgIpc) is 2.11. The Balaban J connectivity index is 2.40. The Kier molecular flexibility index (Phi) is 2.27. The van der Waals surface area contributed by atoms with Gasteiger partial charge in [0, 0.05) is 12.3 Å². The first kappa shape index (κ1) is 9.59. The summed E-state index contributed by atoms with van der Waals surface area (Å²) in [5, 5.41) is -0.513. The largest absolute Gasteiger partial charge is 0.299 e. The van der Waals surface area contributed by atoms with Gasteiger partial charge in [0.15, 0.2) is 0 Å². The molecular weight excluding hydrogens is 210 g/mol. The first-order valence-electron chi connectivity index (χ1n) is 4.26. The lowest BCUT2D eigenvalue weighted by molar-refractivity contribution is -0.125. The second-order valence-corrected chi connectivity index (χ2v) is 3.73. The van der Waals surface area contributed by atoms with Crippen LogP contribution in [-0.4, -0.2) is 5.78 Å². The number of ketones is 1. The molecule has 1 atom stereocenters. The molecule has 1 aromatic carbocycles. The maximum atomic E-state index is 13.0. The highest BCUT2D eigenvalue weighted by atomic mass is 35.5. The SMILES string of the molecule is O=C1CCC1c1cc(F)c(Cl)c(F)c1. The minimum Gasteiger partial charge on any atom is -0.299 e. The van der Waals surface area contributed by atoms with E-state index in [1.807, 2.05) is 0 Å². The maximum Gasteiger partial charge on any atom is 0.145 e. The summed E-state index contributed by atoms with van der Waals surface area (Å²) >= 11 is 5.32. The van der Waals surface area contributed by atoms with Crippen LogP contribution < -0.4 is 0 Å². The summed E-state index contributed by atoms with van der Waals surface area (Å²) in [6, 6.07) is 2.26. The monoisotopic (exact) mass is 216 g/mol. The van der Waals surface area contributed by atoms with Crippen molar-refractivity contribution in [2.24, 2.45) is 0 Å². The zero-order chi connectivity index (χ0) is 10.3. The van der Waals surface area contributed by atoms with E-state index >= 15 is 0 Å². The van der Waals surface area contributed by atoms with E-state index in [1.54, 1.807) is 0 Å². The molecule has 1 fully saturated rings. The molecule has 0 radical (unpaired) electrons. The normalized spacial score (nSPS) is 20.8. The molecule has 2 rings (SSSR count). The van der Waals surface area contributed by atoms with Crippen molar-refractivity contribution in [3.05, 3.63) is 34.4 Å². The van der Waals surface area contributed by atoms with Crippen molar-refractivity contribution < 1.29 is 13.6 Å². The molecule has 1 aliphatic carbocycles.